The van der Waals surface area contributed by atoms with Crippen LogP contribution in [0.5, 0.6) is 0 Å². The van der Waals surface area contributed by atoms with Crippen molar-refractivity contribution < 1.29 is 9.59 Å². The summed E-state index contributed by atoms with van der Waals surface area (Å²) < 4.78 is 0. The van der Waals surface area contributed by atoms with E-state index in [-0.39, 0.29) is 18.2 Å². The number of hydrogen-bond acceptors (Lipinski definition) is 4. The van der Waals surface area contributed by atoms with Crippen molar-refractivity contribution in [2.75, 3.05) is 5.32 Å². The van der Waals surface area contributed by atoms with Crippen LogP contribution in [0.15, 0.2) is 90.3 Å². The Hall–Kier alpha value is -3.77. The maximum Gasteiger partial charge on any atom is 0.251 e. The van der Waals surface area contributed by atoms with Gasteiger partial charge < -0.3 is 10.6 Å². The fourth-order valence-electron chi connectivity index (χ4n) is 3.39. The summed E-state index contributed by atoms with van der Waals surface area (Å²) in [5.74, 6) is -0.389. The first kappa shape index (κ1) is 21.5. The number of hydrogen-bond donors (Lipinski definition) is 2. The van der Waals surface area contributed by atoms with E-state index in [4.69, 9.17) is 0 Å². The molecular weight excluding hydrogens is 418 g/mol. The van der Waals surface area contributed by atoms with Crippen LogP contribution in [-0.4, -0.2) is 16.8 Å². The zero-order valence-corrected chi connectivity index (χ0v) is 18.4. The number of benzene rings is 3. The zero-order chi connectivity index (χ0) is 22.3. The fourth-order valence-corrected chi connectivity index (χ4v) is 4.01. The van der Waals surface area contributed by atoms with E-state index >= 15 is 0 Å². The minimum atomic E-state index is -0.443. The van der Waals surface area contributed by atoms with Gasteiger partial charge in [-0.3, -0.25) is 9.59 Å². The van der Waals surface area contributed by atoms with Crippen molar-refractivity contribution in [1.82, 2.24) is 10.3 Å². The standard InChI is InChI=1S/C26H23N3O2S/c1-18-27-24(17-32-18)20-12-14-22(15-13-20)28-25(30)16-23(19-8-4-2-5-9-19)29-26(31)21-10-6-3-7-11-21/h2-15,17,23H,16H2,1H3,(H,28,30)(H,29,31). The van der Waals surface area contributed by atoms with E-state index in [2.05, 4.69) is 15.6 Å². The molecule has 0 saturated carbocycles. The Balaban J connectivity index is 1.44. The van der Waals surface area contributed by atoms with E-state index < -0.39 is 6.04 Å². The third-order valence-corrected chi connectivity index (χ3v) is 5.79. The molecule has 2 N–H and O–H groups in total. The van der Waals surface area contributed by atoms with Gasteiger partial charge in [0, 0.05) is 22.2 Å². The maximum atomic E-state index is 12.8. The molecule has 1 unspecified atom stereocenters. The highest BCUT2D eigenvalue weighted by atomic mass is 32.1. The van der Waals surface area contributed by atoms with E-state index in [1.807, 2.05) is 85.1 Å². The molecule has 3 aromatic carbocycles. The molecule has 160 valence electrons. The van der Waals surface area contributed by atoms with E-state index in [0.29, 0.717) is 11.3 Å². The molecule has 0 fully saturated rings. The number of carbonyl (C=O) groups is 2. The highest BCUT2D eigenvalue weighted by Gasteiger charge is 2.19. The first-order valence-electron chi connectivity index (χ1n) is 10.3. The van der Waals surface area contributed by atoms with Gasteiger partial charge in [-0.05, 0) is 36.8 Å². The molecule has 4 aromatic rings. The number of rotatable bonds is 7. The number of anilines is 1. The lowest BCUT2D eigenvalue weighted by molar-refractivity contribution is -0.116. The van der Waals surface area contributed by atoms with E-state index in [0.717, 1.165) is 21.8 Å². The molecule has 1 aromatic heterocycles. The summed E-state index contributed by atoms with van der Waals surface area (Å²) in [6.45, 7) is 1.97. The lowest BCUT2D eigenvalue weighted by Crippen LogP contribution is -2.31. The lowest BCUT2D eigenvalue weighted by Gasteiger charge is -2.19. The third-order valence-electron chi connectivity index (χ3n) is 5.02. The Kier molecular flexibility index (Phi) is 6.72. The number of thiazole rings is 1. The summed E-state index contributed by atoms with van der Waals surface area (Å²) in [5.41, 5.74) is 4.07. The van der Waals surface area contributed by atoms with E-state index in [9.17, 15) is 9.59 Å². The average Bonchev–Trinajstić information content (AvgIpc) is 3.26. The molecule has 0 aliphatic rings. The summed E-state index contributed by atoms with van der Waals surface area (Å²) in [4.78, 5) is 30.0. The van der Waals surface area contributed by atoms with Crippen LogP contribution in [0.3, 0.4) is 0 Å². The molecule has 0 bridgehead atoms. The molecule has 6 heteroatoms. The first-order valence-corrected chi connectivity index (χ1v) is 11.2. The van der Waals surface area contributed by atoms with Gasteiger partial charge in [0.05, 0.1) is 23.2 Å². The van der Waals surface area contributed by atoms with Crippen LogP contribution in [0, 0.1) is 6.92 Å². The number of amides is 2. The zero-order valence-electron chi connectivity index (χ0n) is 17.6. The number of carbonyl (C=O) groups excluding carboxylic acids is 2. The van der Waals surface area contributed by atoms with E-state index in [1.54, 1.807) is 23.5 Å². The highest BCUT2D eigenvalue weighted by molar-refractivity contribution is 7.09. The minimum absolute atomic E-state index is 0.121. The second-order valence-corrected chi connectivity index (χ2v) is 8.45. The summed E-state index contributed by atoms with van der Waals surface area (Å²) in [6, 6.07) is 25.7. The van der Waals surface area contributed by atoms with Crippen LogP contribution >= 0.6 is 11.3 Å². The molecule has 0 aliphatic carbocycles. The molecule has 0 radical (unpaired) electrons. The Morgan fingerprint density at radius 3 is 2.19 bits per heavy atom. The van der Waals surface area contributed by atoms with Gasteiger partial charge in [0.25, 0.3) is 5.91 Å². The normalized spacial score (nSPS) is 11.5. The van der Waals surface area contributed by atoms with Crippen molar-refractivity contribution >= 4 is 28.8 Å². The van der Waals surface area contributed by atoms with Crippen LogP contribution in [0.25, 0.3) is 11.3 Å². The molecule has 0 aliphatic heterocycles. The van der Waals surface area contributed by atoms with Crippen LogP contribution < -0.4 is 10.6 Å². The van der Waals surface area contributed by atoms with Gasteiger partial charge in [-0.25, -0.2) is 4.98 Å². The Morgan fingerprint density at radius 2 is 1.56 bits per heavy atom. The van der Waals surface area contributed by atoms with Crippen molar-refractivity contribution in [2.24, 2.45) is 0 Å². The molecule has 32 heavy (non-hydrogen) atoms. The second-order valence-electron chi connectivity index (χ2n) is 7.38. The topological polar surface area (TPSA) is 71.1 Å². The molecule has 1 atom stereocenters. The Bertz CT molecular complexity index is 1190. The number of aryl methyl sites for hydroxylation is 1. The summed E-state index contributed by atoms with van der Waals surface area (Å²) >= 11 is 1.61. The van der Waals surface area contributed by atoms with Gasteiger partial charge in [-0.1, -0.05) is 60.7 Å². The fraction of sp³-hybridized carbons (Fsp3) is 0.115. The molecule has 0 spiro atoms. The summed E-state index contributed by atoms with van der Waals surface area (Å²) in [5, 5.41) is 8.96. The maximum absolute atomic E-state index is 12.8. The predicted molar refractivity (Wildman–Crippen MR) is 129 cm³/mol. The third kappa shape index (κ3) is 5.47. The van der Waals surface area contributed by atoms with Crippen LogP contribution in [-0.2, 0) is 4.79 Å². The number of nitrogens with one attached hydrogen (secondary N) is 2. The molecule has 4 rings (SSSR count). The molecular formula is C26H23N3O2S. The second kappa shape index (κ2) is 10.0. The van der Waals surface area contributed by atoms with Crippen molar-refractivity contribution in [2.45, 2.75) is 19.4 Å². The van der Waals surface area contributed by atoms with Gasteiger partial charge in [-0.15, -0.1) is 11.3 Å². The monoisotopic (exact) mass is 441 g/mol. The van der Waals surface area contributed by atoms with Gasteiger partial charge in [0.15, 0.2) is 0 Å². The SMILES string of the molecule is Cc1nc(-c2ccc(NC(=O)CC(NC(=O)c3ccccc3)c3ccccc3)cc2)cs1. The summed E-state index contributed by atoms with van der Waals surface area (Å²) in [6.07, 6.45) is 0.121. The Labute approximate surface area is 191 Å². The lowest BCUT2D eigenvalue weighted by atomic mass is 10.0. The van der Waals surface area contributed by atoms with Gasteiger partial charge in [-0.2, -0.15) is 0 Å². The average molecular weight is 442 g/mol. The first-order chi connectivity index (χ1) is 15.6. The van der Waals surface area contributed by atoms with Crippen molar-refractivity contribution in [3.8, 4) is 11.3 Å². The number of aromatic nitrogens is 1. The molecule has 5 nitrogen and oxygen atoms in total. The van der Waals surface area contributed by atoms with Crippen molar-refractivity contribution in [1.29, 1.82) is 0 Å². The predicted octanol–water partition coefficient (Wildman–Crippen LogP) is 5.62. The number of nitrogens with zero attached hydrogens (tertiary/aromatic N) is 1. The van der Waals surface area contributed by atoms with Gasteiger partial charge >= 0.3 is 0 Å². The van der Waals surface area contributed by atoms with Crippen molar-refractivity contribution in [3.63, 3.8) is 0 Å². The molecule has 1 heterocycles. The smallest absolute Gasteiger partial charge is 0.251 e. The largest absolute Gasteiger partial charge is 0.345 e. The molecule has 0 saturated heterocycles. The van der Waals surface area contributed by atoms with Gasteiger partial charge in [0.2, 0.25) is 5.91 Å². The highest BCUT2D eigenvalue weighted by Crippen LogP contribution is 2.24. The Morgan fingerprint density at radius 1 is 0.906 bits per heavy atom. The van der Waals surface area contributed by atoms with Crippen LogP contribution in [0.1, 0.15) is 33.4 Å². The minimum Gasteiger partial charge on any atom is -0.345 e. The van der Waals surface area contributed by atoms with Crippen LogP contribution in [0.2, 0.25) is 0 Å². The van der Waals surface area contributed by atoms with Crippen LogP contribution in [0.4, 0.5) is 5.69 Å². The summed E-state index contributed by atoms with van der Waals surface area (Å²) in [7, 11) is 0. The quantitative estimate of drug-likeness (QED) is 0.391. The van der Waals surface area contributed by atoms with Gasteiger partial charge in [0.1, 0.15) is 0 Å². The molecule has 2 amide bonds. The van der Waals surface area contributed by atoms with Crippen molar-refractivity contribution in [3.05, 3.63) is 106 Å². The van der Waals surface area contributed by atoms with E-state index in [1.165, 1.54) is 0 Å².